The van der Waals surface area contributed by atoms with E-state index < -0.39 is 16.1 Å². The van der Waals surface area contributed by atoms with Crippen LogP contribution in [-0.4, -0.2) is 61.2 Å². The highest BCUT2D eigenvalue weighted by Gasteiger charge is 2.42. The van der Waals surface area contributed by atoms with Gasteiger partial charge in [0.05, 0.1) is 4.90 Å². The number of carbonyl (C=O) groups excluding carboxylic acids is 2. The Morgan fingerprint density at radius 2 is 1.68 bits per heavy atom. The summed E-state index contributed by atoms with van der Waals surface area (Å²) >= 11 is 0. The lowest BCUT2D eigenvalue weighted by Crippen LogP contribution is -2.51. The zero-order valence-corrected chi connectivity index (χ0v) is 17.3. The van der Waals surface area contributed by atoms with Crippen LogP contribution in [0, 0.1) is 5.92 Å². The van der Waals surface area contributed by atoms with E-state index >= 15 is 0 Å². The number of nitrogens with one attached hydrogen (secondary N) is 1. The van der Waals surface area contributed by atoms with Gasteiger partial charge in [-0.3, -0.25) is 9.59 Å². The molecule has 1 aromatic rings. The molecule has 2 fully saturated rings. The van der Waals surface area contributed by atoms with Gasteiger partial charge in [-0.05, 0) is 51.7 Å². The first kappa shape index (κ1) is 20.8. The minimum Gasteiger partial charge on any atom is -0.354 e. The van der Waals surface area contributed by atoms with Gasteiger partial charge in [0.1, 0.15) is 6.04 Å². The zero-order chi connectivity index (χ0) is 20.3. The molecule has 28 heavy (non-hydrogen) atoms. The van der Waals surface area contributed by atoms with Gasteiger partial charge in [0.25, 0.3) is 0 Å². The molecule has 1 unspecified atom stereocenters. The summed E-state index contributed by atoms with van der Waals surface area (Å²) in [5.41, 5.74) is 0. The summed E-state index contributed by atoms with van der Waals surface area (Å²) in [6.07, 6.45) is 2.44. The molecule has 7 nitrogen and oxygen atoms in total. The summed E-state index contributed by atoms with van der Waals surface area (Å²) in [5.74, 6) is -0.185. The summed E-state index contributed by atoms with van der Waals surface area (Å²) in [7, 11) is -3.69. The molecule has 1 atom stereocenters. The predicted molar refractivity (Wildman–Crippen MR) is 106 cm³/mol. The van der Waals surface area contributed by atoms with Gasteiger partial charge in [-0.1, -0.05) is 18.2 Å². The van der Waals surface area contributed by atoms with E-state index in [1.54, 1.807) is 35.2 Å². The van der Waals surface area contributed by atoms with Gasteiger partial charge in [0, 0.05) is 31.6 Å². The fraction of sp³-hybridized carbons (Fsp3) is 0.600. The molecule has 0 saturated carbocycles. The van der Waals surface area contributed by atoms with E-state index in [4.69, 9.17) is 0 Å². The number of likely N-dealkylation sites (tertiary alicyclic amines) is 1. The van der Waals surface area contributed by atoms with Gasteiger partial charge < -0.3 is 10.2 Å². The SMILES string of the molecule is CC(C)NC(=O)C1CCN(C(=O)C2CCCN2S(=O)(=O)c2ccccc2)CC1. The second kappa shape index (κ2) is 8.61. The Kier molecular flexibility index (Phi) is 6.40. The van der Waals surface area contributed by atoms with E-state index in [-0.39, 0.29) is 28.7 Å². The molecule has 1 aromatic carbocycles. The highest BCUT2D eigenvalue weighted by atomic mass is 32.2. The van der Waals surface area contributed by atoms with Crippen molar-refractivity contribution in [2.75, 3.05) is 19.6 Å². The van der Waals surface area contributed by atoms with Gasteiger partial charge in [-0.25, -0.2) is 8.42 Å². The minimum atomic E-state index is -3.69. The maximum absolute atomic E-state index is 13.1. The topological polar surface area (TPSA) is 86.8 Å². The summed E-state index contributed by atoms with van der Waals surface area (Å²) in [6.45, 7) is 5.20. The average Bonchev–Trinajstić information content (AvgIpc) is 3.18. The molecule has 0 aliphatic carbocycles. The van der Waals surface area contributed by atoms with Gasteiger partial charge in [0.15, 0.2) is 0 Å². The summed E-state index contributed by atoms with van der Waals surface area (Å²) < 4.78 is 27.3. The predicted octanol–water partition coefficient (Wildman–Crippen LogP) is 1.60. The summed E-state index contributed by atoms with van der Waals surface area (Å²) in [4.78, 5) is 27.2. The first-order chi connectivity index (χ1) is 13.3. The van der Waals surface area contributed by atoms with Gasteiger partial charge in [-0.2, -0.15) is 4.31 Å². The number of sulfonamides is 1. The molecule has 1 N–H and O–H groups in total. The van der Waals surface area contributed by atoms with Crippen molar-refractivity contribution in [3.63, 3.8) is 0 Å². The van der Waals surface area contributed by atoms with Gasteiger partial charge in [0.2, 0.25) is 21.8 Å². The quantitative estimate of drug-likeness (QED) is 0.803. The van der Waals surface area contributed by atoms with E-state index in [2.05, 4.69) is 5.32 Å². The molecule has 0 radical (unpaired) electrons. The molecule has 2 saturated heterocycles. The third kappa shape index (κ3) is 4.38. The Morgan fingerprint density at radius 3 is 2.29 bits per heavy atom. The van der Waals surface area contributed by atoms with Crippen molar-refractivity contribution in [1.29, 1.82) is 0 Å². The fourth-order valence-corrected chi connectivity index (χ4v) is 5.65. The standard InChI is InChI=1S/C20H29N3O4S/c1-15(2)21-19(24)16-10-13-22(14-11-16)20(25)18-9-6-12-23(18)28(26,27)17-7-4-3-5-8-17/h3-5,7-8,15-16,18H,6,9-14H2,1-2H3,(H,21,24). The maximum atomic E-state index is 13.1. The van der Waals surface area contributed by atoms with Crippen molar-refractivity contribution in [3.8, 4) is 0 Å². The van der Waals surface area contributed by atoms with Crippen LogP contribution < -0.4 is 5.32 Å². The molecule has 0 aromatic heterocycles. The average molecular weight is 408 g/mol. The monoisotopic (exact) mass is 407 g/mol. The number of nitrogens with zero attached hydrogens (tertiary/aromatic N) is 2. The molecule has 0 spiro atoms. The lowest BCUT2D eigenvalue weighted by atomic mass is 9.95. The molecule has 154 valence electrons. The largest absolute Gasteiger partial charge is 0.354 e. The Hall–Kier alpha value is -1.93. The number of benzene rings is 1. The van der Waals surface area contributed by atoms with E-state index in [9.17, 15) is 18.0 Å². The minimum absolute atomic E-state index is 0.0382. The second-order valence-electron chi connectivity index (χ2n) is 7.85. The van der Waals surface area contributed by atoms with E-state index in [1.807, 2.05) is 13.8 Å². The van der Waals surface area contributed by atoms with Crippen LogP contribution in [0.4, 0.5) is 0 Å². The molecule has 3 rings (SSSR count). The van der Waals surface area contributed by atoms with E-state index in [0.717, 1.165) is 0 Å². The summed E-state index contributed by atoms with van der Waals surface area (Å²) in [6, 6.07) is 7.72. The van der Waals surface area contributed by atoms with Crippen LogP contribution in [0.15, 0.2) is 35.2 Å². The number of carbonyl (C=O) groups is 2. The molecule has 8 heteroatoms. The second-order valence-corrected chi connectivity index (χ2v) is 9.74. The Balaban J connectivity index is 1.65. The Morgan fingerprint density at radius 1 is 1.04 bits per heavy atom. The molecule has 2 amide bonds. The highest BCUT2D eigenvalue weighted by molar-refractivity contribution is 7.89. The van der Waals surface area contributed by atoms with Crippen molar-refractivity contribution >= 4 is 21.8 Å². The molecule has 2 aliphatic rings. The van der Waals surface area contributed by atoms with Crippen LogP contribution in [0.2, 0.25) is 0 Å². The lowest BCUT2D eigenvalue weighted by Gasteiger charge is -2.35. The molecule has 0 bridgehead atoms. The first-order valence-electron chi connectivity index (χ1n) is 9.96. The maximum Gasteiger partial charge on any atom is 0.243 e. The van der Waals surface area contributed by atoms with Crippen LogP contribution in [0.5, 0.6) is 0 Å². The van der Waals surface area contributed by atoms with Crippen molar-refractivity contribution in [1.82, 2.24) is 14.5 Å². The van der Waals surface area contributed by atoms with Gasteiger partial charge in [-0.15, -0.1) is 0 Å². The first-order valence-corrected chi connectivity index (χ1v) is 11.4. The van der Waals surface area contributed by atoms with E-state index in [0.29, 0.717) is 45.3 Å². The smallest absolute Gasteiger partial charge is 0.243 e. The zero-order valence-electron chi connectivity index (χ0n) is 16.5. The van der Waals surface area contributed by atoms with Crippen molar-refractivity contribution in [2.24, 2.45) is 5.92 Å². The van der Waals surface area contributed by atoms with Crippen LogP contribution in [-0.2, 0) is 19.6 Å². The third-order valence-electron chi connectivity index (χ3n) is 5.45. The Labute approximate surface area is 167 Å². The molecular formula is C20H29N3O4S. The Bertz CT molecular complexity index is 802. The van der Waals surface area contributed by atoms with Crippen molar-refractivity contribution in [3.05, 3.63) is 30.3 Å². The number of hydrogen-bond donors (Lipinski definition) is 1. The van der Waals surface area contributed by atoms with Gasteiger partial charge >= 0.3 is 0 Å². The van der Waals surface area contributed by atoms with Crippen molar-refractivity contribution in [2.45, 2.75) is 56.5 Å². The molecular weight excluding hydrogens is 378 g/mol. The normalized spacial score (nSPS) is 21.8. The third-order valence-corrected chi connectivity index (χ3v) is 7.37. The summed E-state index contributed by atoms with van der Waals surface area (Å²) in [5, 5.41) is 2.93. The van der Waals surface area contributed by atoms with Crippen LogP contribution in [0.1, 0.15) is 39.5 Å². The fourth-order valence-electron chi connectivity index (χ4n) is 3.98. The molecule has 2 aliphatic heterocycles. The van der Waals surface area contributed by atoms with E-state index in [1.165, 1.54) is 4.31 Å². The van der Waals surface area contributed by atoms with Crippen LogP contribution >= 0.6 is 0 Å². The molecule has 2 heterocycles. The highest BCUT2D eigenvalue weighted by Crippen LogP contribution is 2.28. The number of amides is 2. The van der Waals surface area contributed by atoms with Crippen LogP contribution in [0.3, 0.4) is 0 Å². The number of piperidine rings is 1. The number of hydrogen-bond acceptors (Lipinski definition) is 4. The number of rotatable bonds is 5. The van der Waals surface area contributed by atoms with Crippen molar-refractivity contribution < 1.29 is 18.0 Å². The van der Waals surface area contributed by atoms with Crippen LogP contribution in [0.25, 0.3) is 0 Å². The lowest BCUT2D eigenvalue weighted by molar-refractivity contribution is -0.138.